The molecule has 0 saturated carbocycles. The number of benzene rings is 1. The fourth-order valence-electron chi connectivity index (χ4n) is 2.46. The summed E-state index contributed by atoms with van der Waals surface area (Å²) in [5.41, 5.74) is 3.54. The van der Waals surface area contributed by atoms with Gasteiger partial charge in [-0.1, -0.05) is 18.6 Å². The second kappa shape index (κ2) is 4.84. The van der Waals surface area contributed by atoms with Gasteiger partial charge in [0.05, 0.1) is 6.42 Å². The highest BCUT2D eigenvalue weighted by Gasteiger charge is 2.16. The van der Waals surface area contributed by atoms with E-state index in [4.69, 9.17) is 5.11 Å². The van der Waals surface area contributed by atoms with Crippen molar-refractivity contribution in [3.8, 4) is 0 Å². The molecule has 0 amide bonds. The van der Waals surface area contributed by atoms with Crippen molar-refractivity contribution in [2.75, 3.05) is 0 Å². The lowest BCUT2D eigenvalue weighted by atomic mass is 9.97. The number of aliphatic carboxylic acids is 1. The van der Waals surface area contributed by atoms with E-state index in [9.17, 15) is 4.79 Å². The van der Waals surface area contributed by atoms with Gasteiger partial charge in [0.1, 0.15) is 0 Å². The van der Waals surface area contributed by atoms with Crippen LogP contribution < -0.4 is 0 Å². The molecule has 0 spiro atoms. The summed E-state index contributed by atoms with van der Waals surface area (Å²) in [5, 5.41) is 10.1. The Hall–Kier alpha value is -1.77. The summed E-state index contributed by atoms with van der Waals surface area (Å²) < 4.78 is 2.18. The lowest BCUT2D eigenvalue weighted by Crippen LogP contribution is -2.02. The van der Waals surface area contributed by atoms with E-state index < -0.39 is 5.97 Å². The van der Waals surface area contributed by atoms with Crippen LogP contribution in [0.2, 0.25) is 0 Å². The molecule has 2 rings (SSSR count). The van der Waals surface area contributed by atoms with Gasteiger partial charge in [-0.05, 0) is 37.5 Å². The van der Waals surface area contributed by atoms with Gasteiger partial charge in [0.2, 0.25) is 0 Å². The Morgan fingerprint density at radius 1 is 1.44 bits per heavy atom. The van der Waals surface area contributed by atoms with Gasteiger partial charge in [0.25, 0.3) is 0 Å². The Morgan fingerprint density at radius 2 is 2.17 bits per heavy atom. The molecule has 1 unspecified atom stereocenters. The first kappa shape index (κ1) is 12.7. The third kappa shape index (κ3) is 2.26. The summed E-state index contributed by atoms with van der Waals surface area (Å²) in [4.78, 5) is 10.9. The van der Waals surface area contributed by atoms with Crippen LogP contribution in [0.1, 0.15) is 37.3 Å². The van der Waals surface area contributed by atoms with Crippen LogP contribution in [-0.2, 0) is 11.3 Å². The second-order valence-corrected chi connectivity index (χ2v) is 4.89. The van der Waals surface area contributed by atoms with Crippen molar-refractivity contribution in [3.05, 3.63) is 35.5 Å². The molecule has 96 valence electrons. The van der Waals surface area contributed by atoms with Gasteiger partial charge < -0.3 is 9.67 Å². The molecule has 0 fully saturated rings. The highest BCUT2D eigenvalue weighted by Crippen LogP contribution is 2.30. The molecule has 0 radical (unpaired) electrons. The molecule has 0 aliphatic carbocycles. The molecule has 0 aliphatic heterocycles. The van der Waals surface area contributed by atoms with E-state index >= 15 is 0 Å². The molecule has 1 heterocycles. The summed E-state index contributed by atoms with van der Waals surface area (Å²) in [7, 11) is 0. The number of hydrogen-bond acceptors (Lipinski definition) is 1. The minimum Gasteiger partial charge on any atom is -0.481 e. The molecule has 1 N–H and O–H groups in total. The van der Waals surface area contributed by atoms with E-state index in [2.05, 4.69) is 42.8 Å². The molecule has 1 aromatic heterocycles. The fraction of sp³-hybridized carbons (Fsp3) is 0.400. The molecular weight excluding hydrogens is 226 g/mol. The number of aryl methyl sites for hydroxylation is 2. The zero-order valence-corrected chi connectivity index (χ0v) is 11.1. The van der Waals surface area contributed by atoms with Crippen molar-refractivity contribution in [3.63, 3.8) is 0 Å². The Morgan fingerprint density at radius 3 is 2.78 bits per heavy atom. The number of fused-ring (bicyclic) bond motifs is 1. The van der Waals surface area contributed by atoms with Crippen molar-refractivity contribution in [1.82, 2.24) is 4.57 Å². The van der Waals surface area contributed by atoms with Crippen LogP contribution in [0.25, 0.3) is 10.9 Å². The topological polar surface area (TPSA) is 42.2 Å². The molecule has 0 saturated heterocycles. The largest absolute Gasteiger partial charge is 0.481 e. The van der Waals surface area contributed by atoms with Gasteiger partial charge in [0, 0.05) is 23.6 Å². The molecule has 18 heavy (non-hydrogen) atoms. The molecular formula is C15H19NO2. The number of carboxylic acid groups (broad SMARTS) is 1. The quantitative estimate of drug-likeness (QED) is 0.895. The summed E-state index contributed by atoms with van der Waals surface area (Å²) in [6, 6.07) is 6.36. The predicted octanol–water partition coefficient (Wildman–Crippen LogP) is 3.55. The minimum absolute atomic E-state index is 0.0413. The lowest BCUT2D eigenvalue weighted by molar-refractivity contribution is -0.137. The molecule has 3 heteroatoms. The summed E-state index contributed by atoms with van der Waals surface area (Å²) >= 11 is 0. The Balaban J connectivity index is 2.55. The molecule has 0 bridgehead atoms. The molecule has 2 aromatic rings. The first-order chi connectivity index (χ1) is 8.52. The maximum absolute atomic E-state index is 10.9. The number of carboxylic acids is 1. The number of rotatable bonds is 4. The first-order valence-corrected chi connectivity index (χ1v) is 6.34. The van der Waals surface area contributed by atoms with Crippen LogP contribution in [-0.4, -0.2) is 15.6 Å². The van der Waals surface area contributed by atoms with E-state index in [1.165, 1.54) is 16.5 Å². The van der Waals surface area contributed by atoms with E-state index in [0.29, 0.717) is 0 Å². The molecule has 0 aliphatic rings. The number of nitrogens with zero attached hydrogens (tertiary/aromatic N) is 1. The van der Waals surface area contributed by atoms with Gasteiger partial charge in [-0.15, -0.1) is 0 Å². The van der Waals surface area contributed by atoms with Crippen molar-refractivity contribution in [1.29, 1.82) is 0 Å². The van der Waals surface area contributed by atoms with Gasteiger partial charge >= 0.3 is 5.97 Å². The Labute approximate surface area is 107 Å². The molecule has 1 atom stereocenters. The van der Waals surface area contributed by atoms with E-state index in [0.717, 1.165) is 12.1 Å². The van der Waals surface area contributed by atoms with Crippen molar-refractivity contribution >= 4 is 16.9 Å². The smallest absolute Gasteiger partial charge is 0.303 e. The predicted molar refractivity (Wildman–Crippen MR) is 73.0 cm³/mol. The van der Waals surface area contributed by atoms with E-state index in [1.807, 2.05) is 6.92 Å². The van der Waals surface area contributed by atoms with Crippen LogP contribution in [0.15, 0.2) is 24.4 Å². The zero-order chi connectivity index (χ0) is 13.3. The zero-order valence-electron chi connectivity index (χ0n) is 11.1. The Bertz CT molecular complexity index is 583. The molecule has 1 aromatic carbocycles. The normalized spacial score (nSPS) is 12.8. The second-order valence-electron chi connectivity index (χ2n) is 4.89. The van der Waals surface area contributed by atoms with Crippen LogP contribution in [0, 0.1) is 6.92 Å². The summed E-state index contributed by atoms with van der Waals surface area (Å²) in [5.74, 6) is -0.702. The SMILES string of the molecule is CCn1cc(C(C)CC(=O)O)c2cc(C)ccc21. The third-order valence-corrected chi connectivity index (χ3v) is 3.42. The van der Waals surface area contributed by atoms with Gasteiger partial charge in [-0.2, -0.15) is 0 Å². The summed E-state index contributed by atoms with van der Waals surface area (Å²) in [6.45, 7) is 7.05. The minimum atomic E-state index is -0.743. The maximum atomic E-state index is 10.9. The average Bonchev–Trinajstić information content (AvgIpc) is 2.66. The van der Waals surface area contributed by atoms with E-state index in [-0.39, 0.29) is 12.3 Å². The molecule has 3 nitrogen and oxygen atoms in total. The van der Waals surface area contributed by atoms with Crippen molar-refractivity contribution < 1.29 is 9.90 Å². The van der Waals surface area contributed by atoms with E-state index in [1.54, 1.807) is 0 Å². The average molecular weight is 245 g/mol. The Kier molecular flexibility index (Phi) is 3.41. The van der Waals surface area contributed by atoms with Crippen molar-refractivity contribution in [2.24, 2.45) is 0 Å². The third-order valence-electron chi connectivity index (χ3n) is 3.42. The van der Waals surface area contributed by atoms with Crippen LogP contribution in [0.4, 0.5) is 0 Å². The van der Waals surface area contributed by atoms with Crippen molar-refractivity contribution in [2.45, 2.75) is 39.7 Å². The van der Waals surface area contributed by atoms with Gasteiger partial charge in [-0.3, -0.25) is 4.79 Å². The number of carbonyl (C=O) groups is 1. The highest BCUT2D eigenvalue weighted by atomic mass is 16.4. The van der Waals surface area contributed by atoms with Crippen LogP contribution in [0.5, 0.6) is 0 Å². The first-order valence-electron chi connectivity index (χ1n) is 6.34. The highest BCUT2D eigenvalue weighted by molar-refractivity contribution is 5.86. The summed E-state index contributed by atoms with van der Waals surface area (Å²) in [6.07, 6.45) is 2.27. The van der Waals surface area contributed by atoms with Gasteiger partial charge in [0.15, 0.2) is 0 Å². The lowest BCUT2D eigenvalue weighted by Gasteiger charge is -2.07. The van der Waals surface area contributed by atoms with Gasteiger partial charge in [-0.25, -0.2) is 0 Å². The monoisotopic (exact) mass is 245 g/mol. The van der Waals surface area contributed by atoms with Crippen LogP contribution >= 0.6 is 0 Å². The maximum Gasteiger partial charge on any atom is 0.303 e. The standard InChI is InChI=1S/C15H19NO2/c1-4-16-9-13(11(3)8-15(17)18)12-7-10(2)5-6-14(12)16/h5-7,9,11H,4,8H2,1-3H3,(H,17,18). The number of hydrogen-bond donors (Lipinski definition) is 1. The fourth-order valence-corrected chi connectivity index (χ4v) is 2.46. The van der Waals surface area contributed by atoms with Crippen LogP contribution in [0.3, 0.4) is 0 Å². The number of aromatic nitrogens is 1.